The number of hydrogen-bond donors (Lipinski definition) is 2. The van der Waals surface area contributed by atoms with Crippen molar-refractivity contribution in [2.24, 2.45) is 5.73 Å². The fourth-order valence-electron chi connectivity index (χ4n) is 3.54. The van der Waals surface area contributed by atoms with Gasteiger partial charge in [0.1, 0.15) is 5.75 Å². The number of carbonyl (C=O) groups excluding carboxylic acids is 1. The number of benzene rings is 1. The highest BCUT2D eigenvalue weighted by Crippen LogP contribution is 2.28. The van der Waals surface area contributed by atoms with Crippen LogP contribution in [0.2, 0.25) is 0 Å². The second-order valence-electron chi connectivity index (χ2n) is 6.68. The molecule has 3 rings (SSSR count). The molecule has 1 amide bonds. The van der Waals surface area contributed by atoms with E-state index >= 15 is 0 Å². The second kappa shape index (κ2) is 8.02. The van der Waals surface area contributed by atoms with Crippen molar-refractivity contribution in [1.82, 2.24) is 5.32 Å². The summed E-state index contributed by atoms with van der Waals surface area (Å²) >= 11 is 0. The Hall–Kier alpha value is -1.26. The number of ether oxygens (including phenoxy) is 1. The highest BCUT2D eigenvalue weighted by Gasteiger charge is 2.36. The summed E-state index contributed by atoms with van der Waals surface area (Å²) in [5.74, 6) is 0.868. The average molecular weight is 339 g/mol. The molecule has 0 aromatic heterocycles. The van der Waals surface area contributed by atoms with Crippen molar-refractivity contribution in [3.63, 3.8) is 0 Å². The Labute approximate surface area is 144 Å². The Morgan fingerprint density at radius 2 is 1.83 bits per heavy atom. The molecule has 0 saturated heterocycles. The lowest BCUT2D eigenvalue weighted by atomic mass is 9.98. The van der Waals surface area contributed by atoms with E-state index < -0.39 is 5.54 Å². The first-order valence-corrected chi connectivity index (χ1v) is 8.49. The van der Waals surface area contributed by atoms with E-state index in [-0.39, 0.29) is 18.3 Å². The van der Waals surface area contributed by atoms with Crippen LogP contribution in [-0.4, -0.2) is 17.6 Å². The molecule has 0 unspecified atom stereocenters. The number of halogens is 1. The summed E-state index contributed by atoms with van der Waals surface area (Å²) in [5.41, 5.74) is 6.56. The standard InChI is InChI=1S/C18H26N2O2.ClH/c19-18(11-5-6-12-18)17(21)20-13-14-7-1-4-10-16(14)22-15-8-2-3-9-15;/h1,4,7,10,15H,2-3,5-6,8-9,11-13,19H2,(H,20,21);1H. The van der Waals surface area contributed by atoms with Gasteiger partial charge in [-0.15, -0.1) is 12.4 Å². The van der Waals surface area contributed by atoms with Crippen LogP contribution >= 0.6 is 12.4 Å². The maximum atomic E-state index is 12.3. The van der Waals surface area contributed by atoms with Gasteiger partial charge in [-0.05, 0) is 44.6 Å². The molecule has 1 aromatic rings. The van der Waals surface area contributed by atoms with Gasteiger partial charge in [-0.1, -0.05) is 31.0 Å². The number of amides is 1. The van der Waals surface area contributed by atoms with Gasteiger partial charge < -0.3 is 15.8 Å². The average Bonchev–Trinajstić information content (AvgIpc) is 3.18. The molecule has 3 N–H and O–H groups in total. The van der Waals surface area contributed by atoms with Gasteiger partial charge in [0, 0.05) is 12.1 Å². The van der Waals surface area contributed by atoms with Crippen molar-refractivity contribution in [1.29, 1.82) is 0 Å². The van der Waals surface area contributed by atoms with Gasteiger partial charge in [-0.25, -0.2) is 0 Å². The van der Waals surface area contributed by atoms with E-state index in [0.29, 0.717) is 12.6 Å². The fraction of sp³-hybridized carbons (Fsp3) is 0.611. The Kier molecular flexibility index (Phi) is 6.31. The van der Waals surface area contributed by atoms with Crippen LogP contribution in [0.15, 0.2) is 24.3 Å². The molecule has 128 valence electrons. The zero-order valence-corrected chi connectivity index (χ0v) is 14.4. The van der Waals surface area contributed by atoms with Crippen molar-refractivity contribution in [2.45, 2.75) is 69.6 Å². The van der Waals surface area contributed by atoms with Crippen LogP contribution in [0.3, 0.4) is 0 Å². The Balaban J connectivity index is 0.00000192. The van der Waals surface area contributed by atoms with E-state index in [1.165, 1.54) is 12.8 Å². The van der Waals surface area contributed by atoms with Crippen molar-refractivity contribution in [2.75, 3.05) is 0 Å². The lowest BCUT2D eigenvalue weighted by Gasteiger charge is -2.23. The summed E-state index contributed by atoms with van der Waals surface area (Å²) in [6.45, 7) is 0.487. The van der Waals surface area contributed by atoms with E-state index in [4.69, 9.17) is 10.5 Å². The molecule has 1 aromatic carbocycles. The molecule has 0 aliphatic heterocycles. The highest BCUT2D eigenvalue weighted by molar-refractivity contribution is 5.86. The summed E-state index contributed by atoms with van der Waals surface area (Å²) in [6, 6.07) is 7.98. The third kappa shape index (κ3) is 4.39. The largest absolute Gasteiger partial charge is 0.490 e. The summed E-state index contributed by atoms with van der Waals surface area (Å²) in [7, 11) is 0. The molecule has 2 aliphatic rings. The number of nitrogens with one attached hydrogen (secondary N) is 1. The van der Waals surface area contributed by atoms with Crippen LogP contribution in [-0.2, 0) is 11.3 Å². The maximum Gasteiger partial charge on any atom is 0.240 e. The number of hydrogen-bond acceptors (Lipinski definition) is 3. The van der Waals surface area contributed by atoms with Crippen LogP contribution in [0, 0.1) is 0 Å². The van der Waals surface area contributed by atoms with Crippen LogP contribution in [0.4, 0.5) is 0 Å². The van der Waals surface area contributed by atoms with Crippen molar-refractivity contribution < 1.29 is 9.53 Å². The topological polar surface area (TPSA) is 64.4 Å². The van der Waals surface area contributed by atoms with Crippen LogP contribution in [0.1, 0.15) is 56.9 Å². The summed E-state index contributed by atoms with van der Waals surface area (Å²) < 4.78 is 6.11. The minimum Gasteiger partial charge on any atom is -0.490 e. The predicted molar refractivity (Wildman–Crippen MR) is 93.8 cm³/mol. The molecule has 4 nitrogen and oxygen atoms in total. The van der Waals surface area contributed by atoms with Crippen molar-refractivity contribution in [3.05, 3.63) is 29.8 Å². The number of carbonyl (C=O) groups is 1. The second-order valence-corrected chi connectivity index (χ2v) is 6.68. The molecule has 2 fully saturated rings. The fourth-order valence-corrected chi connectivity index (χ4v) is 3.54. The summed E-state index contributed by atoms with van der Waals surface area (Å²) in [4.78, 5) is 12.3. The van der Waals surface area contributed by atoms with E-state index in [9.17, 15) is 4.79 Å². The Morgan fingerprint density at radius 3 is 2.52 bits per heavy atom. The third-order valence-corrected chi connectivity index (χ3v) is 4.96. The summed E-state index contributed by atoms with van der Waals surface area (Å²) in [6.07, 6.45) is 8.76. The predicted octanol–water partition coefficient (Wildman–Crippen LogP) is 3.32. The number of rotatable bonds is 5. The van der Waals surface area contributed by atoms with E-state index in [0.717, 1.165) is 49.8 Å². The van der Waals surface area contributed by atoms with Crippen molar-refractivity contribution >= 4 is 18.3 Å². The zero-order valence-electron chi connectivity index (χ0n) is 13.6. The molecular formula is C18H27ClN2O2. The molecule has 2 aliphatic carbocycles. The molecule has 23 heavy (non-hydrogen) atoms. The third-order valence-electron chi connectivity index (χ3n) is 4.96. The number of para-hydroxylation sites is 1. The van der Waals surface area contributed by atoms with Crippen LogP contribution in [0.5, 0.6) is 5.75 Å². The van der Waals surface area contributed by atoms with Gasteiger partial charge in [0.2, 0.25) is 5.91 Å². The molecule has 0 spiro atoms. The molecule has 2 saturated carbocycles. The summed E-state index contributed by atoms with van der Waals surface area (Å²) in [5, 5.41) is 3.00. The van der Waals surface area contributed by atoms with Crippen LogP contribution < -0.4 is 15.8 Å². The first-order chi connectivity index (χ1) is 10.7. The van der Waals surface area contributed by atoms with E-state index in [1.54, 1.807) is 0 Å². The van der Waals surface area contributed by atoms with E-state index in [1.807, 2.05) is 24.3 Å². The van der Waals surface area contributed by atoms with Gasteiger partial charge in [-0.2, -0.15) is 0 Å². The van der Waals surface area contributed by atoms with Gasteiger partial charge in [0.15, 0.2) is 0 Å². The minimum atomic E-state index is -0.665. The molecule has 0 atom stereocenters. The molecule has 0 radical (unpaired) electrons. The smallest absolute Gasteiger partial charge is 0.240 e. The Bertz CT molecular complexity index is 524. The molecular weight excluding hydrogens is 312 g/mol. The van der Waals surface area contributed by atoms with Crippen LogP contribution in [0.25, 0.3) is 0 Å². The Morgan fingerprint density at radius 1 is 1.17 bits per heavy atom. The van der Waals surface area contributed by atoms with Gasteiger partial charge in [0.25, 0.3) is 0 Å². The molecule has 0 heterocycles. The lowest BCUT2D eigenvalue weighted by molar-refractivity contribution is -0.126. The SMILES string of the molecule is Cl.NC1(C(=O)NCc2ccccc2OC2CCCC2)CCCC1. The molecule has 0 bridgehead atoms. The van der Waals surface area contributed by atoms with E-state index in [2.05, 4.69) is 5.32 Å². The minimum absolute atomic E-state index is 0. The van der Waals surface area contributed by atoms with Gasteiger partial charge in [-0.3, -0.25) is 4.79 Å². The normalized spacial score (nSPS) is 20.0. The zero-order chi connectivity index (χ0) is 15.4. The van der Waals surface area contributed by atoms with Crippen molar-refractivity contribution in [3.8, 4) is 5.75 Å². The maximum absolute atomic E-state index is 12.3. The molecule has 5 heteroatoms. The van der Waals surface area contributed by atoms with Gasteiger partial charge >= 0.3 is 0 Å². The highest BCUT2D eigenvalue weighted by atomic mass is 35.5. The lowest BCUT2D eigenvalue weighted by Crippen LogP contribution is -2.51. The van der Waals surface area contributed by atoms with Gasteiger partial charge in [0.05, 0.1) is 11.6 Å². The number of nitrogens with two attached hydrogens (primary N) is 1. The monoisotopic (exact) mass is 338 g/mol. The first-order valence-electron chi connectivity index (χ1n) is 8.49. The first kappa shape index (κ1) is 18.1. The quantitative estimate of drug-likeness (QED) is 0.865.